The monoisotopic (exact) mass is 269 g/mol. The standard InChI is InChI=1S/C15H27NO3/c1-3-11(2)13(15(18)19)16-14(17)12-9-7-5-4-6-8-10-12/h11-13H,3-10H2,1-2H3,(H,16,17)(H,18,19)/t11-,13-/m0/s1. The Morgan fingerprint density at radius 1 is 1.16 bits per heavy atom. The van der Waals surface area contributed by atoms with Crippen LogP contribution < -0.4 is 5.32 Å². The van der Waals surface area contributed by atoms with Crippen molar-refractivity contribution >= 4 is 11.9 Å². The lowest BCUT2D eigenvalue weighted by molar-refractivity contribution is -0.144. The highest BCUT2D eigenvalue weighted by atomic mass is 16.4. The third-order valence-corrected chi connectivity index (χ3v) is 4.25. The number of rotatable bonds is 5. The van der Waals surface area contributed by atoms with Gasteiger partial charge in [-0.1, -0.05) is 52.4 Å². The van der Waals surface area contributed by atoms with Gasteiger partial charge in [0.15, 0.2) is 0 Å². The maximum Gasteiger partial charge on any atom is 0.326 e. The van der Waals surface area contributed by atoms with E-state index in [1.807, 2.05) is 13.8 Å². The Hall–Kier alpha value is -1.06. The molecule has 2 N–H and O–H groups in total. The zero-order chi connectivity index (χ0) is 14.3. The van der Waals surface area contributed by atoms with Crippen molar-refractivity contribution in [2.24, 2.45) is 11.8 Å². The van der Waals surface area contributed by atoms with E-state index in [2.05, 4.69) is 5.32 Å². The van der Waals surface area contributed by atoms with Crippen LogP contribution in [0, 0.1) is 11.8 Å². The number of carboxylic acid groups (broad SMARTS) is 1. The highest BCUT2D eigenvalue weighted by Gasteiger charge is 2.28. The van der Waals surface area contributed by atoms with Crippen LogP contribution >= 0.6 is 0 Å². The molecule has 0 aliphatic heterocycles. The number of carbonyl (C=O) groups is 2. The summed E-state index contributed by atoms with van der Waals surface area (Å²) in [6.45, 7) is 3.82. The van der Waals surface area contributed by atoms with E-state index < -0.39 is 12.0 Å². The molecule has 1 fully saturated rings. The van der Waals surface area contributed by atoms with Crippen LogP contribution in [0.2, 0.25) is 0 Å². The molecule has 1 amide bonds. The van der Waals surface area contributed by atoms with Crippen molar-refractivity contribution in [3.05, 3.63) is 0 Å². The Bertz CT molecular complexity index is 296. The first-order valence-corrected chi connectivity index (χ1v) is 7.59. The van der Waals surface area contributed by atoms with Gasteiger partial charge in [0.05, 0.1) is 0 Å². The fraction of sp³-hybridized carbons (Fsp3) is 0.867. The molecule has 19 heavy (non-hydrogen) atoms. The second kappa shape index (κ2) is 8.18. The van der Waals surface area contributed by atoms with E-state index in [-0.39, 0.29) is 17.7 Å². The first-order valence-electron chi connectivity index (χ1n) is 7.59. The highest BCUT2D eigenvalue weighted by molar-refractivity contribution is 5.85. The normalized spacial score (nSPS) is 20.9. The van der Waals surface area contributed by atoms with Crippen molar-refractivity contribution < 1.29 is 14.7 Å². The quantitative estimate of drug-likeness (QED) is 0.806. The van der Waals surface area contributed by atoms with Gasteiger partial charge in [-0.15, -0.1) is 0 Å². The minimum absolute atomic E-state index is 0.00575. The molecule has 1 aliphatic rings. The number of amides is 1. The Morgan fingerprint density at radius 2 is 1.68 bits per heavy atom. The van der Waals surface area contributed by atoms with Gasteiger partial charge in [-0.05, 0) is 18.8 Å². The van der Waals surface area contributed by atoms with Crippen LogP contribution in [0.15, 0.2) is 0 Å². The summed E-state index contributed by atoms with van der Waals surface area (Å²) in [5, 5.41) is 12.0. The average Bonchev–Trinajstić information content (AvgIpc) is 2.34. The van der Waals surface area contributed by atoms with E-state index in [0.29, 0.717) is 0 Å². The molecule has 4 heteroatoms. The van der Waals surface area contributed by atoms with Crippen LogP contribution in [-0.2, 0) is 9.59 Å². The van der Waals surface area contributed by atoms with Gasteiger partial charge in [0, 0.05) is 5.92 Å². The Balaban J connectivity index is 2.56. The van der Waals surface area contributed by atoms with Gasteiger partial charge in [-0.25, -0.2) is 4.79 Å². The van der Waals surface area contributed by atoms with Crippen molar-refractivity contribution in [2.45, 2.75) is 71.3 Å². The van der Waals surface area contributed by atoms with Gasteiger partial charge in [-0.3, -0.25) is 4.79 Å². The van der Waals surface area contributed by atoms with Gasteiger partial charge in [0.1, 0.15) is 6.04 Å². The van der Waals surface area contributed by atoms with E-state index in [1.165, 1.54) is 19.3 Å². The third kappa shape index (κ3) is 5.21. The Morgan fingerprint density at radius 3 is 2.16 bits per heavy atom. The largest absolute Gasteiger partial charge is 0.480 e. The molecule has 0 saturated heterocycles. The molecule has 0 heterocycles. The van der Waals surface area contributed by atoms with Crippen LogP contribution in [0.4, 0.5) is 0 Å². The van der Waals surface area contributed by atoms with Crippen molar-refractivity contribution in [2.75, 3.05) is 0 Å². The third-order valence-electron chi connectivity index (χ3n) is 4.25. The first kappa shape index (κ1) is 16.0. The van der Waals surface area contributed by atoms with Crippen molar-refractivity contribution in [1.82, 2.24) is 5.32 Å². The summed E-state index contributed by atoms with van der Waals surface area (Å²) < 4.78 is 0. The van der Waals surface area contributed by atoms with Crippen LogP contribution in [0.1, 0.15) is 65.2 Å². The summed E-state index contributed by atoms with van der Waals surface area (Å²) in [5.41, 5.74) is 0. The second-order valence-electron chi connectivity index (χ2n) is 5.75. The minimum Gasteiger partial charge on any atom is -0.480 e. The molecule has 1 aliphatic carbocycles. The zero-order valence-electron chi connectivity index (χ0n) is 12.2. The molecule has 0 aromatic rings. The van der Waals surface area contributed by atoms with Crippen molar-refractivity contribution in [1.29, 1.82) is 0 Å². The minimum atomic E-state index is -0.923. The second-order valence-corrected chi connectivity index (χ2v) is 5.75. The highest BCUT2D eigenvalue weighted by Crippen LogP contribution is 2.23. The smallest absolute Gasteiger partial charge is 0.326 e. The van der Waals surface area contributed by atoms with Gasteiger partial charge in [0.2, 0.25) is 5.91 Å². The lowest BCUT2D eigenvalue weighted by Gasteiger charge is -2.24. The number of nitrogens with one attached hydrogen (secondary N) is 1. The molecule has 4 nitrogen and oxygen atoms in total. The SMILES string of the molecule is CC[C@H](C)[C@H](NC(=O)C1CCCCCCC1)C(=O)O. The summed E-state index contributed by atoms with van der Waals surface area (Å²) in [5.74, 6) is -1.01. The number of hydrogen-bond donors (Lipinski definition) is 2. The molecule has 0 aromatic carbocycles. The molecule has 1 saturated carbocycles. The fourth-order valence-electron chi connectivity index (χ4n) is 2.67. The van der Waals surface area contributed by atoms with Crippen LogP contribution in [0.25, 0.3) is 0 Å². The van der Waals surface area contributed by atoms with Crippen LogP contribution in [-0.4, -0.2) is 23.0 Å². The van der Waals surface area contributed by atoms with E-state index >= 15 is 0 Å². The van der Waals surface area contributed by atoms with Gasteiger partial charge in [-0.2, -0.15) is 0 Å². The van der Waals surface area contributed by atoms with E-state index in [9.17, 15) is 14.7 Å². The van der Waals surface area contributed by atoms with Gasteiger partial charge in [0.25, 0.3) is 0 Å². The molecule has 0 unspecified atom stereocenters. The zero-order valence-corrected chi connectivity index (χ0v) is 12.2. The molecule has 2 atom stereocenters. The Labute approximate surface area is 116 Å². The summed E-state index contributed by atoms with van der Waals surface area (Å²) in [6.07, 6.45) is 8.37. The first-order chi connectivity index (χ1) is 9.06. The van der Waals surface area contributed by atoms with Crippen molar-refractivity contribution in [3.8, 4) is 0 Å². The van der Waals surface area contributed by atoms with E-state index in [4.69, 9.17) is 0 Å². The lowest BCUT2D eigenvalue weighted by Crippen LogP contribution is -2.47. The predicted molar refractivity (Wildman–Crippen MR) is 74.8 cm³/mol. The molecule has 110 valence electrons. The van der Waals surface area contributed by atoms with Gasteiger partial charge < -0.3 is 10.4 Å². The molecule has 0 spiro atoms. The summed E-state index contributed by atoms with van der Waals surface area (Å²) in [6, 6.07) is -0.747. The topological polar surface area (TPSA) is 66.4 Å². The Kier molecular flexibility index (Phi) is 6.89. The summed E-state index contributed by atoms with van der Waals surface area (Å²) >= 11 is 0. The molecule has 0 aromatic heterocycles. The molecule has 1 rings (SSSR count). The number of carbonyl (C=O) groups excluding carboxylic acids is 1. The molecule has 0 radical (unpaired) electrons. The fourth-order valence-corrected chi connectivity index (χ4v) is 2.67. The maximum atomic E-state index is 12.2. The predicted octanol–water partition coefficient (Wildman–Crippen LogP) is 2.96. The number of aliphatic carboxylic acids is 1. The number of hydrogen-bond acceptors (Lipinski definition) is 2. The molecular formula is C15H27NO3. The van der Waals surface area contributed by atoms with Gasteiger partial charge >= 0.3 is 5.97 Å². The van der Waals surface area contributed by atoms with E-state index in [1.54, 1.807) is 0 Å². The maximum absolute atomic E-state index is 12.2. The van der Waals surface area contributed by atoms with E-state index in [0.717, 1.165) is 32.1 Å². The lowest BCUT2D eigenvalue weighted by atomic mass is 9.89. The molecule has 0 bridgehead atoms. The summed E-state index contributed by atoms with van der Waals surface area (Å²) in [4.78, 5) is 23.5. The average molecular weight is 269 g/mol. The number of carboxylic acids is 1. The van der Waals surface area contributed by atoms with Crippen molar-refractivity contribution in [3.63, 3.8) is 0 Å². The molecular weight excluding hydrogens is 242 g/mol. The van der Waals surface area contributed by atoms with Crippen LogP contribution in [0.5, 0.6) is 0 Å². The van der Waals surface area contributed by atoms with Crippen LogP contribution in [0.3, 0.4) is 0 Å². The summed E-state index contributed by atoms with van der Waals surface area (Å²) in [7, 11) is 0.